The van der Waals surface area contributed by atoms with E-state index in [4.69, 9.17) is 10.2 Å². The predicted molar refractivity (Wildman–Crippen MR) is 82.1 cm³/mol. The van der Waals surface area contributed by atoms with Crippen molar-refractivity contribution < 1.29 is 4.43 Å². The third kappa shape index (κ3) is 3.89. The van der Waals surface area contributed by atoms with Crippen molar-refractivity contribution in [3.63, 3.8) is 0 Å². The van der Waals surface area contributed by atoms with Gasteiger partial charge in [0.15, 0.2) is 8.32 Å². The monoisotopic (exact) mass is 335 g/mol. The first-order chi connectivity index (χ1) is 7.67. The fraction of sp³-hybridized carbons (Fsp3) is 0.667. The molecule has 5 heteroatoms. The molecule has 0 fully saturated rings. The van der Waals surface area contributed by atoms with E-state index in [1.165, 1.54) is 4.88 Å². The molecule has 2 nitrogen and oxygen atoms in total. The Morgan fingerprint density at radius 1 is 1.47 bits per heavy atom. The predicted octanol–water partition coefficient (Wildman–Crippen LogP) is 4.53. The van der Waals surface area contributed by atoms with E-state index in [2.05, 4.69) is 61.2 Å². The summed E-state index contributed by atoms with van der Waals surface area (Å²) in [5.41, 5.74) is 5.85. The van der Waals surface area contributed by atoms with Gasteiger partial charge in [0, 0.05) is 21.3 Å². The topological polar surface area (TPSA) is 35.2 Å². The maximum atomic E-state index is 6.35. The average Bonchev–Trinajstić information content (AvgIpc) is 2.59. The Morgan fingerprint density at radius 3 is 2.41 bits per heavy atom. The van der Waals surface area contributed by atoms with E-state index in [9.17, 15) is 0 Å². The van der Waals surface area contributed by atoms with Crippen LogP contribution in [0.3, 0.4) is 0 Å². The van der Waals surface area contributed by atoms with Crippen molar-refractivity contribution in [2.24, 2.45) is 5.73 Å². The fourth-order valence-electron chi connectivity index (χ4n) is 1.25. The Hall–Kier alpha value is 0.317. The van der Waals surface area contributed by atoms with Crippen molar-refractivity contribution in [1.82, 2.24) is 0 Å². The Bertz CT molecular complexity index is 373. The summed E-state index contributed by atoms with van der Waals surface area (Å²) < 4.78 is 7.46. The molecule has 98 valence electrons. The van der Waals surface area contributed by atoms with Crippen LogP contribution in [0.2, 0.25) is 18.1 Å². The second-order valence-corrected chi connectivity index (χ2v) is 12.4. The molecule has 0 aliphatic carbocycles. The van der Waals surface area contributed by atoms with Crippen LogP contribution in [-0.4, -0.2) is 14.9 Å². The Balaban J connectivity index is 2.84. The third-order valence-electron chi connectivity index (χ3n) is 3.36. The number of rotatable bonds is 4. The van der Waals surface area contributed by atoms with Gasteiger partial charge in [-0.05, 0) is 40.1 Å². The van der Waals surface area contributed by atoms with Crippen LogP contribution < -0.4 is 5.73 Å². The maximum absolute atomic E-state index is 6.35. The van der Waals surface area contributed by atoms with Crippen LogP contribution in [0.5, 0.6) is 0 Å². The van der Waals surface area contributed by atoms with Crippen molar-refractivity contribution in [1.29, 1.82) is 0 Å². The number of hydrogen-bond acceptors (Lipinski definition) is 3. The lowest BCUT2D eigenvalue weighted by molar-refractivity contribution is 0.195. The second kappa shape index (κ2) is 5.53. The summed E-state index contributed by atoms with van der Waals surface area (Å²) in [6.07, 6.45) is 0.0344. The van der Waals surface area contributed by atoms with Crippen LogP contribution in [0, 0.1) is 0 Å². The minimum absolute atomic E-state index is 0.0344. The highest BCUT2D eigenvalue weighted by Gasteiger charge is 2.39. The van der Waals surface area contributed by atoms with E-state index in [0.29, 0.717) is 6.54 Å². The molecule has 0 aliphatic heterocycles. The summed E-state index contributed by atoms with van der Waals surface area (Å²) in [5, 5.41) is 2.29. The Labute approximate surface area is 118 Å². The van der Waals surface area contributed by atoms with Crippen molar-refractivity contribution in [2.75, 3.05) is 6.54 Å². The molecule has 1 unspecified atom stereocenters. The van der Waals surface area contributed by atoms with Crippen LogP contribution in [0.15, 0.2) is 15.9 Å². The number of hydrogen-bond donors (Lipinski definition) is 1. The maximum Gasteiger partial charge on any atom is 0.193 e. The van der Waals surface area contributed by atoms with Gasteiger partial charge in [0.05, 0.1) is 6.10 Å². The zero-order valence-electron chi connectivity index (χ0n) is 11.2. The van der Waals surface area contributed by atoms with Gasteiger partial charge in [0.1, 0.15) is 0 Å². The first kappa shape index (κ1) is 15.4. The SMILES string of the molecule is CC(C)(C)[Si](C)(C)OC(CN)c1cc(Br)cs1. The molecule has 0 radical (unpaired) electrons. The largest absolute Gasteiger partial charge is 0.408 e. The number of halogens is 1. The molecule has 0 aromatic carbocycles. The molecule has 1 atom stereocenters. The summed E-state index contributed by atoms with van der Waals surface area (Å²) >= 11 is 5.18. The Morgan fingerprint density at radius 2 is 2.06 bits per heavy atom. The summed E-state index contributed by atoms with van der Waals surface area (Å²) in [6.45, 7) is 11.8. The van der Waals surface area contributed by atoms with Gasteiger partial charge in [0.25, 0.3) is 0 Å². The van der Waals surface area contributed by atoms with E-state index in [1.54, 1.807) is 11.3 Å². The molecule has 17 heavy (non-hydrogen) atoms. The van der Waals surface area contributed by atoms with Crippen LogP contribution >= 0.6 is 27.3 Å². The van der Waals surface area contributed by atoms with Gasteiger partial charge in [-0.25, -0.2) is 0 Å². The van der Waals surface area contributed by atoms with Gasteiger partial charge in [-0.1, -0.05) is 20.8 Å². The normalized spacial score (nSPS) is 15.0. The quantitative estimate of drug-likeness (QED) is 0.820. The van der Waals surface area contributed by atoms with Crippen molar-refractivity contribution in [3.8, 4) is 0 Å². The minimum Gasteiger partial charge on any atom is -0.408 e. The molecule has 0 saturated heterocycles. The van der Waals surface area contributed by atoms with Gasteiger partial charge in [0.2, 0.25) is 0 Å². The molecule has 0 saturated carbocycles. The van der Waals surface area contributed by atoms with E-state index < -0.39 is 8.32 Å². The third-order valence-corrected chi connectivity index (χ3v) is 9.63. The minimum atomic E-state index is -1.75. The van der Waals surface area contributed by atoms with E-state index in [1.807, 2.05) is 0 Å². The molecule has 1 aromatic heterocycles. The molecule has 0 bridgehead atoms. The van der Waals surface area contributed by atoms with Gasteiger partial charge in [-0.15, -0.1) is 11.3 Å². The molecule has 2 N–H and O–H groups in total. The van der Waals surface area contributed by atoms with Gasteiger partial charge < -0.3 is 10.2 Å². The molecule has 1 aromatic rings. The number of nitrogens with two attached hydrogens (primary N) is 1. The van der Waals surface area contributed by atoms with Gasteiger partial charge >= 0.3 is 0 Å². The highest BCUT2D eigenvalue weighted by atomic mass is 79.9. The molecular formula is C12H22BrNOSSi. The highest BCUT2D eigenvalue weighted by Crippen LogP contribution is 2.40. The lowest BCUT2D eigenvalue weighted by Gasteiger charge is -2.38. The van der Waals surface area contributed by atoms with Crippen LogP contribution in [-0.2, 0) is 4.43 Å². The lowest BCUT2D eigenvalue weighted by Crippen LogP contribution is -2.42. The fourth-order valence-corrected chi connectivity index (χ4v) is 4.11. The first-order valence-corrected chi connectivity index (χ1v) is 10.4. The zero-order valence-corrected chi connectivity index (χ0v) is 14.6. The molecule has 0 aliphatic rings. The average molecular weight is 336 g/mol. The van der Waals surface area contributed by atoms with Gasteiger partial charge in [-0.3, -0.25) is 0 Å². The lowest BCUT2D eigenvalue weighted by atomic mass is 10.2. The van der Waals surface area contributed by atoms with Crippen LogP contribution in [0.25, 0.3) is 0 Å². The first-order valence-electron chi connectivity index (χ1n) is 5.79. The summed E-state index contributed by atoms with van der Waals surface area (Å²) in [7, 11) is -1.75. The zero-order chi connectivity index (χ0) is 13.3. The summed E-state index contributed by atoms with van der Waals surface area (Å²) in [4.78, 5) is 1.21. The van der Waals surface area contributed by atoms with E-state index in [0.717, 1.165) is 4.47 Å². The standard InChI is InChI=1S/C12H22BrNOSSi/c1-12(2,3)17(4,5)15-10(7-14)11-6-9(13)8-16-11/h6,8,10H,7,14H2,1-5H3. The summed E-state index contributed by atoms with van der Waals surface area (Å²) in [6, 6.07) is 2.11. The smallest absolute Gasteiger partial charge is 0.193 e. The molecular weight excluding hydrogens is 314 g/mol. The summed E-state index contributed by atoms with van der Waals surface area (Å²) in [5.74, 6) is 0. The number of thiophene rings is 1. The van der Waals surface area contributed by atoms with Crippen molar-refractivity contribution in [3.05, 3.63) is 20.8 Å². The van der Waals surface area contributed by atoms with Crippen molar-refractivity contribution >= 4 is 35.6 Å². The van der Waals surface area contributed by atoms with Crippen LogP contribution in [0.1, 0.15) is 31.8 Å². The van der Waals surface area contributed by atoms with Gasteiger partial charge in [-0.2, -0.15) is 0 Å². The van der Waals surface area contributed by atoms with E-state index in [-0.39, 0.29) is 11.1 Å². The van der Waals surface area contributed by atoms with Crippen molar-refractivity contribution in [2.45, 2.75) is 45.0 Å². The molecule has 1 heterocycles. The highest BCUT2D eigenvalue weighted by molar-refractivity contribution is 9.10. The Kier molecular flexibility index (Phi) is 5.00. The van der Waals surface area contributed by atoms with E-state index >= 15 is 0 Å². The van der Waals surface area contributed by atoms with Crippen LogP contribution in [0.4, 0.5) is 0 Å². The molecule has 1 rings (SSSR count). The molecule has 0 spiro atoms. The second-order valence-electron chi connectivity index (χ2n) is 5.77. The molecule has 0 amide bonds.